The molecule has 0 saturated heterocycles. The van der Waals surface area contributed by atoms with Crippen LogP contribution in [0.15, 0.2) is 15.6 Å². The average Bonchev–Trinajstić information content (AvgIpc) is 2.53. The summed E-state index contributed by atoms with van der Waals surface area (Å²) in [4.78, 5) is 2.25. The first-order valence-corrected chi connectivity index (χ1v) is 5.76. The third-order valence-electron chi connectivity index (χ3n) is 2.10. The van der Waals surface area contributed by atoms with Crippen LogP contribution in [0.2, 0.25) is 0 Å². The molecule has 1 aromatic rings. The first kappa shape index (κ1) is 9.15. The van der Waals surface area contributed by atoms with Gasteiger partial charge in [0.1, 0.15) is 0 Å². The molecule has 3 nitrogen and oxygen atoms in total. The van der Waals surface area contributed by atoms with Crippen molar-refractivity contribution < 1.29 is 0 Å². The number of nitrogens with zero attached hydrogens (tertiary/aromatic N) is 3. The second-order valence-corrected chi connectivity index (χ2v) is 5.32. The van der Waals surface area contributed by atoms with Crippen molar-refractivity contribution in [2.24, 2.45) is 0 Å². The summed E-state index contributed by atoms with van der Waals surface area (Å²) < 4.78 is 0.855. The van der Waals surface area contributed by atoms with Gasteiger partial charge in [-0.2, -0.15) is 0 Å². The van der Waals surface area contributed by atoms with Crippen LogP contribution >= 0.6 is 27.3 Å². The van der Waals surface area contributed by atoms with Gasteiger partial charge in [0.2, 0.25) is 5.13 Å². The Morgan fingerprint density at radius 3 is 2.92 bits per heavy atom. The zero-order valence-electron chi connectivity index (χ0n) is 7.33. The monoisotopic (exact) mass is 259 g/mol. The van der Waals surface area contributed by atoms with Crippen molar-refractivity contribution in [3.05, 3.63) is 15.6 Å². The molecule has 2 rings (SSSR count). The minimum atomic E-state index is 0.855. The number of hydrogen-bond acceptors (Lipinski definition) is 4. The van der Waals surface area contributed by atoms with E-state index in [0.29, 0.717) is 0 Å². The minimum absolute atomic E-state index is 0.855. The van der Waals surface area contributed by atoms with E-state index in [0.717, 1.165) is 28.6 Å². The lowest BCUT2D eigenvalue weighted by atomic mass is 10.1. The van der Waals surface area contributed by atoms with E-state index in [1.54, 1.807) is 11.3 Å². The number of aromatic nitrogens is 2. The van der Waals surface area contributed by atoms with Gasteiger partial charge in [-0.05, 0) is 29.3 Å². The molecule has 0 N–H and O–H groups in total. The topological polar surface area (TPSA) is 29.0 Å². The van der Waals surface area contributed by atoms with Gasteiger partial charge in [-0.15, -0.1) is 10.2 Å². The molecule has 0 spiro atoms. The van der Waals surface area contributed by atoms with E-state index in [4.69, 9.17) is 0 Å². The molecule has 0 aromatic carbocycles. The fourth-order valence-corrected chi connectivity index (χ4v) is 2.39. The smallest absolute Gasteiger partial charge is 0.209 e. The van der Waals surface area contributed by atoms with Crippen LogP contribution in [0.25, 0.3) is 0 Å². The molecule has 0 saturated carbocycles. The van der Waals surface area contributed by atoms with Crippen molar-refractivity contribution in [1.29, 1.82) is 0 Å². The average molecular weight is 260 g/mol. The Labute approximate surface area is 89.6 Å². The second-order valence-electron chi connectivity index (χ2n) is 3.08. The number of hydrogen-bond donors (Lipinski definition) is 0. The Hall–Kier alpha value is -0.420. The van der Waals surface area contributed by atoms with Gasteiger partial charge in [0.15, 0.2) is 3.92 Å². The van der Waals surface area contributed by atoms with E-state index in [2.05, 4.69) is 44.0 Å². The van der Waals surface area contributed by atoms with Gasteiger partial charge in [0, 0.05) is 13.1 Å². The summed E-state index contributed by atoms with van der Waals surface area (Å²) in [5.41, 5.74) is 1.47. The molecule has 1 aliphatic rings. The van der Waals surface area contributed by atoms with Crippen LogP contribution in [0, 0.1) is 0 Å². The molecule has 1 aromatic heterocycles. The molecule has 1 aliphatic heterocycles. The lowest BCUT2D eigenvalue weighted by Crippen LogP contribution is -2.27. The maximum Gasteiger partial charge on any atom is 0.209 e. The maximum absolute atomic E-state index is 4.08. The quantitative estimate of drug-likeness (QED) is 0.726. The van der Waals surface area contributed by atoms with Gasteiger partial charge in [0.25, 0.3) is 0 Å². The first-order valence-electron chi connectivity index (χ1n) is 4.15. The SMILES string of the molecule is CC1=CCN(c2nnc(Br)s2)CC1. The van der Waals surface area contributed by atoms with Crippen LogP contribution < -0.4 is 4.90 Å². The van der Waals surface area contributed by atoms with Crippen molar-refractivity contribution in [1.82, 2.24) is 10.2 Å². The highest BCUT2D eigenvalue weighted by atomic mass is 79.9. The van der Waals surface area contributed by atoms with Crippen molar-refractivity contribution in [3.8, 4) is 0 Å². The van der Waals surface area contributed by atoms with Crippen LogP contribution in [0.1, 0.15) is 13.3 Å². The highest BCUT2D eigenvalue weighted by Gasteiger charge is 2.13. The van der Waals surface area contributed by atoms with Crippen molar-refractivity contribution in [2.45, 2.75) is 13.3 Å². The molecular formula is C8H10BrN3S. The first-order chi connectivity index (χ1) is 6.25. The van der Waals surface area contributed by atoms with Crippen molar-refractivity contribution in [3.63, 3.8) is 0 Å². The Balaban J connectivity index is 2.11. The van der Waals surface area contributed by atoms with Crippen molar-refractivity contribution in [2.75, 3.05) is 18.0 Å². The van der Waals surface area contributed by atoms with Crippen LogP contribution in [0.3, 0.4) is 0 Å². The van der Waals surface area contributed by atoms with E-state index < -0.39 is 0 Å². The summed E-state index contributed by atoms with van der Waals surface area (Å²) in [6, 6.07) is 0. The van der Waals surface area contributed by atoms with Crippen LogP contribution in [0.5, 0.6) is 0 Å². The summed E-state index contributed by atoms with van der Waals surface area (Å²) in [6.45, 7) is 4.20. The van der Waals surface area contributed by atoms with E-state index in [9.17, 15) is 0 Å². The minimum Gasteiger partial charge on any atom is -0.343 e. The molecule has 0 amide bonds. The fraction of sp³-hybridized carbons (Fsp3) is 0.500. The molecule has 0 aliphatic carbocycles. The van der Waals surface area contributed by atoms with E-state index in [-0.39, 0.29) is 0 Å². The third kappa shape index (κ3) is 2.08. The summed E-state index contributed by atoms with van der Waals surface area (Å²) in [5.74, 6) is 0. The maximum atomic E-state index is 4.08. The summed E-state index contributed by atoms with van der Waals surface area (Å²) in [5, 5.41) is 9.03. The highest BCUT2D eigenvalue weighted by molar-refractivity contribution is 9.11. The summed E-state index contributed by atoms with van der Waals surface area (Å²) in [7, 11) is 0. The lowest BCUT2D eigenvalue weighted by molar-refractivity contribution is 0.777. The predicted octanol–water partition coefficient (Wildman–Crippen LogP) is 2.46. The zero-order chi connectivity index (χ0) is 9.26. The molecule has 70 valence electrons. The third-order valence-corrected chi connectivity index (χ3v) is 3.51. The standard InChI is InChI=1S/C8H10BrN3S/c1-6-2-4-12(5-3-6)8-11-10-7(9)13-8/h2H,3-5H2,1H3. The Morgan fingerprint density at radius 2 is 2.38 bits per heavy atom. The molecule has 0 fully saturated rings. The number of anilines is 1. The van der Waals surface area contributed by atoms with Crippen LogP contribution in [-0.2, 0) is 0 Å². The van der Waals surface area contributed by atoms with E-state index >= 15 is 0 Å². The van der Waals surface area contributed by atoms with Crippen LogP contribution in [0.4, 0.5) is 5.13 Å². The molecule has 0 radical (unpaired) electrons. The van der Waals surface area contributed by atoms with Crippen molar-refractivity contribution >= 4 is 32.4 Å². The molecule has 0 atom stereocenters. The molecule has 2 heterocycles. The largest absolute Gasteiger partial charge is 0.343 e. The molecule has 13 heavy (non-hydrogen) atoms. The molecular weight excluding hydrogens is 250 g/mol. The molecule has 0 bridgehead atoms. The van der Waals surface area contributed by atoms with Gasteiger partial charge in [0.05, 0.1) is 0 Å². The normalized spacial score (nSPS) is 17.4. The summed E-state index contributed by atoms with van der Waals surface area (Å²) >= 11 is 4.90. The Kier molecular flexibility index (Phi) is 2.64. The zero-order valence-corrected chi connectivity index (χ0v) is 9.73. The number of rotatable bonds is 1. The van der Waals surface area contributed by atoms with Gasteiger partial charge in [-0.3, -0.25) is 0 Å². The highest BCUT2D eigenvalue weighted by Crippen LogP contribution is 2.26. The molecule has 0 unspecified atom stereocenters. The van der Waals surface area contributed by atoms with E-state index in [1.165, 1.54) is 5.57 Å². The number of halogens is 1. The van der Waals surface area contributed by atoms with Gasteiger partial charge in [-0.25, -0.2) is 0 Å². The van der Waals surface area contributed by atoms with Crippen LogP contribution in [-0.4, -0.2) is 23.3 Å². The second kappa shape index (κ2) is 3.75. The van der Waals surface area contributed by atoms with Gasteiger partial charge >= 0.3 is 0 Å². The predicted molar refractivity (Wildman–Crippen MR) is 58.2 cm³/mol. The Morgan fingerprint density at radius 1 is 1.54 bits per heavy atom. The van der Waals surface area contributed by atoms with E-state index in [1.807, 2.05) is 0 Å². The molecule has 5 heteroatoms. The summed E-state index contributed by atoms with van der Waals surface area (Å²) in [6.07, 6.45) is 3.38. The lowest BCUT2D eigenvalue weighted by Gasteiger charge is -2.23. The fourth-order valence-electron chi connectivity index (χ4n) is 1.27. The van der Waals surface area contributed by atoms with Gasteiger partial charge in [-0.1, -0.05) is 23.0 Å². The Bertz CT molecular complexity index is 334. The van der Waals surface area contributed by atoms with Gasteiger partial charge < -0.3 is 4.90 Å².